The van der Waals surface area contributed by atoms with E-state index in [4.69, 9.17) is 28.2 Å². The molecule has 0 unspecified atom stereocenters. The Hall–Kier alpha value is -2.42. The van der Waals surface area contributed by atoms with E-state index >= 15 is 0 Å². The molecule has 1 fully saturated rings. The molecule has 0 spiro atoms. The van der Waals surface area contributed by atoms with Gasteiger partial charge in [0.15, 0.2) is 0 Å². The number of furan rings is 1. The number of nitro groups is 1. The number of hydrogen-bond donors (Lipinski definition) is 0. The van der Waals surface area contributed by atoms with E-state index in [-0.39, 0.29) is 16.6 Å². The molecule has 2 heterocycles. The highest BCUT2D eigenvalue weighted by Crippen LogP contribution is 2.34. The SMILES string of the molecule is C=CCN1C(=O)C(=Cc2ccc(-c3ccc(Cl)c([N+](=O)[O-])c3)o2)SC1=S. The molecule has 132 valence electrons. The van der Waals surface area contributed by atoms with Gasteiger partial charge in [0.25, 0.3) is 11.6 Å². The van der Waals surface area contributed by atoms with E-state index in [2.05, 4.69) is 6.58 Å². The quantitative estimate of drug-likeness (QED) is 0.231. The Kier molecular flexibility index (Phi) is 5.26. The average Bonchev–Trinajstić information content (AvgIpc) is 3.16. The van der Waals surface area contributed by atoms with Crippen LogP contribution in [0.1, 0.15) is 5.76 Å². The number of carbonyl (C=O) groups is 1. The zero-order valence-corrected chi connectivity index (χ0v) is 15.6. The van der Waals surface area contributed by atoms with Gasteiger partial charge in [-0.05, 0) is 24.3 Å². The number of nitro benzene ring substituents is 1. The topological polar surface area (TPSA) is 76.6 Å². The Morgan fingerprint density at radius 1 is 1.38 bits per heavy atom. The van der Waals surface area contributed by atoms with Crippen LogP contribution in [0.3, 0.4) is 0 Å². The van der Waals surface area contributed by atoms with Crippen LogP contribution in [0.4, 0.5) is 5.69 Å². The summed E-state index contributed by atoms with van der Waals surface area (Å²) < 4.78 is 6.15. The second kappa shape index (κ2) is 7.45. The van der Waals surface area contributed by atoms with Crippen molar-refractivity contribution in [3.8, 4) is 11.3 Å². The number of nitrogens with zero attached hydrogens (tertiary/aromatic N) is 2. The van der Waals surface area contributed by atoms with Crippen LogP contribution in [-0.4, -0.2) is 26.6 Å². The lowest BCUT2D eigenvalue weighted by Gasteiger charge is -2.10. The highest BCUT2D eigenvalue weighted by Gasteiger charge is 2.31. The smallest absolute Gasteiger partial charge is 0.288 e. The molecule has 0 radical (unpaired) electrons. The Balaban J connectivity index is 1.88. The zero-order chi connectivity index (χ0) is 18.8. The molecular formula is C17H11ClN2O4S2. The molecule has 1 aliphatic rings. The fourth-order valence-corrected chi connectivity index (χ4v) is 3.75. The van der Waals surface area contributed by atoms with E-state index in [0.717, 1.165) is 0 Å². The largest absolute Gasteiger partial charge is 0.457 e. The number of amides is 1. The van der Waals surface area contributed by atoms with Gasteiger partial charge in [-0.15, -0.1) is 6.58 Å². The van der Waals surface area contributed by atoms with Gasteiger partial charge in [0.2, 0.25) is 0 Å². The minimum atomic E-state index is -0.555. The summed E-state index contributed by atoms with van der Waals surface area (Å²) in [5, 5.41) is 11.1. The number of carbonyl (C=O) groups excluding carboxylic acids is 1. The van der Waals surface area contributed by atoms with E-state index < -0.39 is 4.92 Å². The first kappa shape index (κ1) is 18.4. The van der Waals surface area contributed by atoms with Gasteiger partial charge in [0.1, 0.15) is 20.9 Å². The van der Waals surface area contributed by atoms with E-state index in [1.165, 1.54) is 28.8 Å². The first-order chi connectivity index (χ1) is 12.4. The lowest BCUT2D eigenvalue weighted by atomic mass is 10.1. The first-order valence-corrected chi connectivity index (χ1v) is 8.91. The number of thioether (sulfide) groups is 1. The van der Waals surface area contributed by atoms with Crippen LogP contribution in [0.5, 0.6) is 0 Å². The lowest BCUT2D eigenvalue weighted by molar-refractivity contribution is -0.384. The Morgan fingerprint density at radius 2 is 2.15 bits per heavy atom. The number of rotatable bonds is 5. The van der Waals surface area contributed by atoms with Crippen LogP contribution < -0.4 is 0 Å². The summed E-state index contributed by atoms with van der Waals surface area (Å²) in [6.45, 7) is 3.95. The molecule has 1 saturated heterocycles. The van der Waals surface area contributed by atoms with Crippen LogP contribution in [0.25, 0.3) is 17.4 Å². The minimum absolute atomic E-state index is 0.0522. The molecule has 1 amide bonds. The molecule has 2 aromatic rings. The first-order valence-electron chi connectivity index (χ1n) is 7.31. The van der Waals surface area contributed by atoms with E-state index in [0.29, 0.717) is 32.9 Å². The monoisotopic (exact) mass is 406 g/mol. The van der Waals surface area contributed by atoms with Crippen LogP contribution in [-0.2, 0) is 4.79 Å². The number of halogens is 1. The van der Waals surface area contributed by atoms with Crippen molar-refractivity contribution >= 4 is 57.6 Å². The van der Waals surface area contributed by atoms with Gasteiger partial charge in [-0.1, -0.05) is 41.7 Å². The summed E-state index contributed by atoms with van der Waals surface area (Å²) in [4.78, 5) is 24.7. The van der Waals surface area contributed by atoms with Crippen molar-refractivity contribution in [1.82, 2.24) is 4.90 Å². The summed E-state index contributed by atoms with van der Waals surface area (Å²) in [6.07, 6.45) is 3.20. The molecule has 3 rings (SSSR count). The Labute approximate surface area is 163 Å². The van der Waals surface area contributed by atoms with Crippen molar-refractivity contribution in [2.75, 3.05) is 6.54 Å². The summed E-state index contributed by atoms with van der Waals surface area (Å²) in [5.41, 5.74) is 0.312. The predicted octanol–water partition coefficient (Wildman–Crippen LogP) is 4.90. The molecule has 0 aliphatic carbocycles. The molecular weight excluding hydrogens is 396 g/mol. The Bertz CT molecular complexity index is 967. The molecule has 9 heteroatoms. The van der Waals surface area contributed by atoms with Gasteiger partial charge in [0, 0.05) is 24.3 Å². The molecule has 1 aromatic carbocycles. The molecule has 0 N–H and O–H groups in total. The van der Waals surface area contributed by atoms with Crippen molar-refractivity contribution in [3.63, 3.8) is 0 Å². The molecule has 1 aromatic heterocycles. The summed E-state index contributed by atoms with van der Waals surface area (Å²) >= 11 is 12.2. The standard InChI is InChI=1S/C17H11ClN2O4S2/c1-2-7-19-16(21)15(26-17(19)25)9-11-4-6-14(24-11)10-3-5-12(18)13(8-10)20(22)23/h2-6,8-9H,1,7H2. The Morgan fingerprint density at radius 3 is 2.85 bits per heavy atom. The third-order valence-electron chi connectivity index (χ3n) is 3.51. The van der Waals surface area contributed by atoms with Crippen LogP contribution in [0.15, 0.2) is 52.3 Å². The minimum Gasteiger partial charge on any atom is -0.457 e. The van der Waals surface area contributed by atoms with Gasteiger partial charge in [-0.3, -0.25) is 19.8 Å². The second-order valence-corrected chi connectivity index (χ2v) is 7.29. The second-order valence-electron chi connectivity index (χ2n) is 5.21. The van der Waals surface area contributed by atoms with E-state index in [1.807, 2.05) is 0 Å². The van der Waals surface area contributed by atoms with Crippen molar-refractivity contribution in [2.45, 2.75) is 0 Å². The molecule has 1 aliphatic heterocycles. The summed E-state index contributed by atoms with van der Waals surface area (Å²) in [7, 11) is 0. The van der Waals surface area contributed by atoms with Crippen LogP contribution in [0.2, 0.25) is 5.02 Å². The third-order valence-corrected chi connectivity index (χ3v) is 5.21. The predicted molar refractivity (Wildman–Crippen MR) is 106 cm³/mol. The summed E-state index contributed by atoms with van der Waals surface area (Å²) in [5.74, 6) is 0.661. The number of thiocarbonyl (C=S) groups is 1. The van der Waals surface area contributed by atoms with Crippen molar-refractivity contribution < 1.29 is 14.1 Å². The molecule has 6 nitrogen and oxygen atoms in total. The van der Waals surface area contributed by atoms with Crippen molar-refractivity contribution in [2.24, 2.45) is 0 Å². The molecule has 0 bridgehead atoms. The molecule has 0 atom stereocenters. The van der Waals surface area contributed by atoms with E-state index in [1.54, 1.807) is 30.4 Å². The zero-order valence-electron chi connectivity index (χ0n) is 13.2. The fourth-order valence-electron chi connectivity index (χ4n) is 2.31. The number of hydrogen-bond acceptors (Lipinski definition) is 6. The summed E-state index contributed by atoms with van der Waals surface area (Å²) in [6, 6.07) is 7.76. The highest BCUT2D eigenvalue weighted by molar-refractivity contribution is 8.26. The normalized spacial score (nSPS) is 15.7. The third kappa shape index (κ3) is 3.57. The molecule has 0 saturated carbocycles. The van der Waals surface area contributed by atoms with Crippen LogP contribution >= 0.6 is 35.6 Å². The maximum atomic E-state index is 12.3. The van der Waals surface area contributed by atoms with Gasteiger partial charge in [0.05, 0.1) is 9.83 Å². The molecule has 26 heavy (non-hydrogen) atoms. The van der Waals surface area contributed by atoms with Gasteiger partial charge in [-0.2, -0.15) is 0 Å². The van der Waals surface area contributed by atoms with Crippen molar-refractivity contribution in [3.05, 3.63) is 68.8 Å². The van der Waals surface area contributed by atoms with Gasteiger partial charge in [-0.25, -0.2) is 0 Å². The number of benzene rings is 1. The van der Waals surface area contributed by atoms with E-state index in [9.17, 15) is 14.9 Å². The average molecular weight is 407 g/mol. The lowest BCUT2D eigenvalue weighted by Crippen LogP contribution is -2.27. The van der Waals surface area contributed by atoms with Gasteiger partial charge >= 0.3 is 0 Å². The maximum Gasteiger partial charge on any atom is 0.288 e. The van der Waals surface area contributed by atoms with Crippen molar-refractivity contribution in [1.29, 1.82) is 0 Å². The van der Waals surface area contributed by atoms with Crippen LogP contribution in [0, 0.1) is 10.1 Å². The fraction of sp³-hybridized carbons (Fsp3) is 0.0588. The maximum absolute atomic E-state index is 12.3. The highest BCUT2D eigenvalue weighted by atomic mass is 35.5. The van der Waals surface area contributed by atoms with Gasteiger partial charge < -0.3 is 4.42 Å².